The van der Waals surface area contributed by atoms with Crippen LogP contribution in [0.5, 0.6) is 0 Å². The number of fused-ring (bicyclic) bond motifs is 2. The largest absolute Gasteiger partial charge is 0.361 e. The molecule has 1 unspecified atom stereocenters. The standard InChI is InChI=1S/C16H22N2/c1-3-17-11(2)7-14-10-18-16-9-13-6-4-5-12(13)8-15(14)16/h8-11,17-18H,3-7H2,1-2H3. The lowest BCUT2D eigenvalue weighted by atomic mass is 10.0. The number of hydrogen-bond acceptors (Lipinski definition) is 1. The first-order valence-corrected chi connectivity index (χ1v) is 7.13. The van der Waals surface area contributed by atoms with Crippen molar-refractivity contribution in [2.75, 3.05) is 6.54 Å². The van der Waals surface area contributed by atoms with Gasteiger partial charge in [-0.2, -0.15) is 0 Å². The summed E-state index contributed by atoms with van der Waals surface area (Å²) in [5.74, 6) is 0. The summed E-state index contributed by atoms with van der Waals surface area (Å²) in [5, 5.41) is 4.92. The molecule has 2 aromatic rings. The third-order valence-electron chi connectivity index (χ3n) is 4.06. The minimum Gasteiger partial charge on any atom is -0.361 e. The van der Waals surface area contributed by atoms with Gasteiger partial charge in [-0.1, -0.05) is 6.92 Å². The molecule has 2 N–H and O–H groups in total. The highest BCUT2D eigenvalue weighted by Gasteiger charge is 2.14. The van der Waals surface area contributed by atoms with Gasteiger partial charge in [0.15, 0.2) is 0 Å². The van der Waals surface area contributed by atoms with Crippen LogP contribution in [-0.4, -0.2) is 17.6 Å². The molecule has 0 aliphatic heterocycles. The molecule has 96 valence electrons. The molecule has 1 aromatic carbocycles. The molecule has 0 saturated carbocycles. The molecule has 0 fully saturated rings. The summed E-state index contributed by atoms with van der Waals surface area (Å²) in [6.45, 7) is 5.47. The number of H-pyrrole nitrogens is 1. The van der Waals surface area contributed by atoms with E-state index in [4.69, 9.17) is 0 Å². The van der Waals surface area contributed by atoms with Gasteiger partial charge in [-0.15, -0.1) is 0 Å². The number of likely N-dealkylation sites (N-methyl/N-ethyl adjacent to an activating group) is 1. The zero-order chi connectivity index (χ0) is 12.5. The number of aryl methyl sites for hydroxylation is 2. The Morgan fingerprint density at radius 2 is 2.06 bits per heavy atom. The Morgan fingerprint density at radius 3 is 2.83 bits per heavy atom. The summed E-state index contributed by atoms with van der Waals surface area (Å²) in [7, 11) is 0. The molecule has 0 spiro atoms. The van der Waals surface area contributed by atoms with Crippen LogP contribution in [0.25, 0.3) is 10.9 Å². The quantitative estimate of drug-likeness (QED) is 0.846. The van der Waals surface area contributed by atoms with Crippen molar-refractivity contribution in [2.45, 2.75) is 45.6 Å². The average Bonchev–Trinajstić information content (AvgIpc) is 2.94. The summed E-state index contributed by atoms with van der Waals surface area (Å²) in [6, 6.07) is 5.32. The molecule has 1 aliphatic carbocycles. The predicted octanol–water partition coefficient (Wildman–Crippen LogP) is 3.20. The van der Waals surface area contributed by atoms with E-state index < -0.39 is 0 Å². The van der Waals surface area contributed by atoms with Crippen LogP contribution in [0.4, 0.5) is 0 Å². The van der Waals surface area contributed by atoms with Gasteiger partial charge >= 0.3 is 0 Å². The lowest BCUT2D eigenvalue weighted by molar-refractivity contribution is 0.567. The minimum atomic E-state index is 0.544. The Morgan fingerprint density at radius 1 is 1.28 bits per heavy atom. The maximum atomic E-state index is 3.49. The summed E-state index contributed by atoms with van der Waals surface area (Å²) in [4.78, 5) is 3.44. The van der Waals surface area contributed by atoms with Crippen molar-refractivity contribution in [1.82, 2.24) is 10.3 Å². The summed E-state index contributed by atoms with van der Waals surface area (Å²) >= 11 is 0. The third-order valence-corrected chi connectivity index (χ3v) is 4.06. The molecular formula is C16H22N2. The molecule has 0 radical (unpaired) electrons. The fourth-order valence-corrected chi connectivity index (χ4v) is 3.17. The van der Waals surface area contributed by atoms with Crippen molar-refractivity contribution >= 4 is 10.9 Å². The summed E-state index contributed by atoms with van der Waals surface area (Å²) in [6.07, 6.45) is 7.14. The lowest BCUT2D eigenvalue weighted by Crippen LogP contribution is -2.27. The van der Waals surface area contributed by atoms with Crippen molar-refractivity contribution < 1.29 is 0 Å². The van der Waals surface area contributed by atoms with Crippen LogP contribution in [-0.2, 0) is 19.3 Å². The molecule has 1 aliphatic rings. The van der Waals surface area contributed by atoms with E-state index in [1.807, 2.05) is 0 Å². The van der Waals surface area contributed by atoms with Gasteiger partial charge in [0.1, 0.15) is 0 Å². The van der Waals surface area contributed by atoms with Crippen LogP contribution in [0.15, 0.2) is 18.3 Å². The van der Waals surface area contributed by atoms with Crippen LogP contribution in [0.3, 0.4) is 0 Å². The van der Waals surface area contributed by atoms with E-state index in [0.717, 1.165) is 13.0 Å². The molecule has 2 nitrogen and oxygen atoms in total. The van der Waals surface area contributed by atoms with E-state index in [-0.39, 0.29) is 0 Å². The molecule has 0 amide bonds. The Hall–Kier alpha value is -1.28. The van der Waals surface area contributed by atoms with E-state index in [2.05, 4.69) is 42.5 Å². The highest BCUT2D eigenvalue weighted by Crippen LogP contribution is 2.29. The fourth-order valence-electron chi connectivity index (χ4n) is 3.17. The monoisotopic (exact) mass is 242 g/mol. The first-order valence-electron chi connectivity index (χ1n) is 7.13. The van der Waals surface area contributed by atoms with Gasteiger partial charge < -0.3 is 10.3 Å². The molecule has 1 heterocycles. The van der Waals surface area contributed by atoms with Crippen LogP contribution >= 0.6 is 0 Å². The highest BCUT2D eigenvalue weighted by atomic mass is 14.9. The third kappa shape index (κ3) is 2.05. The number of hydrogen-bond donors (Lipinski definition) is 2. The van der Waals surface area contributed by atoms with Gasteiger partial charge in [0.05, 0.1) is 0 Å². The normalized spacial score (nSPS) is 16.1. The van der Waals surface area contributed by atoms with Gasteiger partial charge in [0.25, 0.3) is 0 Å². The number of rotatable bonds is 4. The maximum Gasteiger partial charge on any atom is 0.0459 e. The number of benzene rings is 1. The zero-order valence-corrected chi connectivity index (χ0v) is 11.3. The molecule has 0 bridgehead atoms. The Labute approximate surface area is 109 Å². The number of aromatic nitrogens is 1. The fraction of sp³-hybridized carbons (Fsp3) is 0.500. The molecule has 2 heteroatoms. The lowest BCUT2D eigenvalue weighted by Gasteiger charge is -2.11. The first kappa shape index (κ1) is 11.8. The van der Waals surface area contributed by atoms with Crippen LogP contribution < -0.4 is 5.32 Å². The van der Waals surface area contributed by atoms with Crippen molar-refractivity contribution in [1.29, 1.82) is 0 Å². The van der Waals surface area contributed by atoms with Crippen molar-refractivity contribution in [3.8, 4) is 0 Å². The Bertz CT molecular complexity index is 553. The smallest absolute Gasteiger partial charge is 0.0459 e. The van der Waals surface area contributed by atoms with Gasteiger partial charge in [-0.05, 0) is 68.0 Å². The number of aromatic amines is 1. The number of nitrogens with one attached hydrogen (secondary N) is 2. The van der Waals surface area contributed by atoms with E-state index >= 15 is 0 Å². The van der Waals surface area contributed by atoms with Crippen LogP contribution in [0.1, 0.15) is 37.0 Å². The van der Waals surface area contributed by atoms with E-state index in [0.29, 0.717) is 6.04 Å². The molecule has 1 aromatic heterocycles. The molecule has 18 heavy (non-hydrogen) atoms. The second kappa shape index (κ2) is 4.77. The average molecular weight is 242 g/mol. The second-order valence-corrected chi connectivity index (χ2v) is 5.50. The first-order chi connectivity index (χ1) is 8.78. The van der Waals surface area contributed by atoms with E-state index in [1.54, 1.807) is 11.1 Å². The van der Waals surface area contributed by atoms with Gasteiger partial charge in [-0.25, -0.2) is 0 Å². The zero-order valence-electron chi connectivity index (χ0n) is 11.3. The minimum absolute atomic E-state index is 0.544. The topological polar surface area (TPSA) is 27.8 Å². The molecule has 1 atom stereocenters. The van der Waals surface area contributed by atoms with Crippen molar-refractivity contribution in [3.63, 3.8) is 0 Å². The molecule has 3 rings (SSSR count). The highest BCUT2D eigenvalue weighted by molar-refractivity contribution is 5.85. The maximum absolute atomic E-state index is 3.49. The summed E-state index contributed by atoms with van der Waals surface area (Å²) in [5.41, 5.74) is 5.89. The SMILES string of the molecule is CCNC(C)Cc1c[nH]c2cc3c(cc12)CCC3. The van der Waals surface area contributed by atoms with Crippen LogP contribution in [0, 0.1) is 0 Å². The van der Waals surface area contributed by atoms with Crippen molar-refractivity contribution in [2.24, 2.45) is 0 Å². The summed E-state index contributed by atoms with van der Waals surface area (Å²) < 4.78 is 0. The Balaban J connectivity index is 1.93. The Kier molecular flexibility index (Phi) is 3.13. The predicted molar refractivity (Wildman–Crippen MR) is 77.2 cm³/mol. The second-order valence-electron chi connectivity index (χ2n) is 5.50. The van der Waals surface area contributed by atoms with Crippen molar-refractivity contribution in [3.05, 3.63) is 35.0 Å². The van der Waals surface area contributed by atoms with Gasteiger partial charge in [0.2, 0.25) is 0 Å². The van der Waals surface area contributed by atoms with Gasteiger partial charge in [-0.3, -0.25) is 0 Å². The van der Waals surface area contributed by atoms with Crippen LogP contribution in [0.2, 0.25) is 0 Å². The van der Waals surface area contributed by atoms with E-state index in [1.165, 1.54) is 35.7 Å². The van der Waals surface area contributed by atoms with Gasteiger partial charge in [0, 0.05) is 23.1 Å². The molecule has 0 saturated heterocycles. The van der Waals surface area contributed by atoms with E-state index in [9.17, 15) is 0 Å². The molecular weight excluding hydrogens is 220 g/mol.